The van der Waals surface area contributed by atoms with Crippen molar-refractivity contribution in [2.45, 2.75) is 25.9 Å². The molecule has 3 rings (SSSR count). The predicted molar refractivity (Wildman–Crippen MR) is 111 cm³/mol. The lowest BCUT2D eigenvalue weighted by atomic mass is 10.1. The fourth-order valence-corrected chi connectivity index (χ4v) is 3.69. The molecule has 0 aliphatic heterocycles. The maximum atomic E-state index is 12.4. The van der Waals surface area contributed by atoms with E-state index in [-0.39, 0.29) is 18.6 Å². The number of Topliss-reactive ketones (excluding diaryl/α,β-unsaturated/α-hetero) is 1. The fraction of sp³-hybridized carbons (Fsp3) is 0.190. The molecule has 1 heterocycles. The summed E-state index contributed by atoms with van der Waals surface area (Å²) in [6.45, 7) is 1.50. The normalized spacial score (nSPS) is 11.8. The van der Waals surface area contributed by atoms with Crippen molar-refractivity contribution in [3.63, 3.8) is 0 Å². The van der Waals surface area contributed by atoms with E-state index in [2.05, 4.69) is 5.32 Å². The van der Waals surface area contributed by atoms with Crippen LogP contribution in [0.2, 0.25) is 4.34 Å². The molecule has 0 spiro atoms. The van der Waals surface area contributed by atoms with E-state index in [1.54, 1.807) is 18.2 Å². The van der Waals surface area contributed by atoms with Gasteiger partial charge in [0.1, 0.15) is 0 Å². The fourth-order valence-electron chi connectivity index (χ4n) is 2.68. The standard InChI is InChI=1S/C21H18ClNO4S/c1-13(27-20(25)12-9-17(24)18-10-11-19(22)28-18)21(26)23-16-8-4-6-14-5-2-3-7-15(14)16/h2-8,10-11,13H,9,12H2,1H3,(H,23,26). The van der Waals surface area contributed by atoms with Gasteiger partial charge in [-0.3, -0.25) is 14.4 Å². The van der Waals surface area contributed by atoms with Gasteiger partial charge in [-0.05, 0) is 30.5 Å². The molecule has 2 aromatic carbocycles. The van der Waals surface area contributed by atoms with E-state index in [9.17, 15) is 14.4 Å². The summed E-state index contributed by atoms with van der Waals surface area (Å²) in [7, 11) is 0. The lowest BCUT2D eigenvalue weighted by molar-refractivity contribution is -0.153. The Kier molecular flexibility index (Phi) is 6.44. The third-order valence-corrected chi connectivity index (χ3v) is 5.40. The Bertz CT molecular complexity index is 1020. The number of hydrogen-bond donors (Lipinski definition) is 1. The van der Waals surface area contributed by atoms with Gasteiger partial charge in [0.2, 0.25) is 0 Å². The van der Waals surface area contributed by atoms with Crippen LogP contribution in [0, 0.1) is 0 Å². The van der Waals surface area contributed by atoms with Gasteiger partial charge < -0.3 is 10.1 Å². The Balaban J connectivity index is 1.53. The van der Waals surface area contributed by atoms with Gasteiger partial charge in [-0.15, -0.1) is 11.3 Å². The smallest absolute Gasteiger partial charge is 0.307 e. The number of halogens is 1. The van der Waals surface area contributed by atoms with Gasteiger partial charge in [0.05, 0.1) is 15.6 Å². The molecule has 144 valence electrons. The summed E-state index contributed by atoms with van der Waals surface area (Å²) in [6.07, 6.45) is -1.06. The molecule has 7 heteroatoms. The quantitative estimate of drug-likeness (QED) is 0.431. The summed E-state index contributed by atoms with van der Waals surface area (Å²) in [5.74, 6) is -1.21. The minimum atomic E-state index is -0.974. The molecule has 0 bridgehead atoms. The molecule has 1 aromatic heterocycles. The van der Waals surface area contributed by atoms with Crippen LogP contribution in [0.15, 0.2) is 54.6 Å². The van der Waals surface area contributed by atoms with Gasteiger partial charge in [0.25, 0.3) is 5.91 Å². The van der Waals surface area contributed by atoms with Crippen molar-refractivity contribution in [2.75, 3.05) is 5.32 Å². The molecular weight excluding hydrogens is 398 g/mol. The van der Waals surface area contributed by atoms with Gasteiger partial charge in [-0.1, -0.05) is 48.0 Å². The molecule has 0 aliphatic carbocycles. The number of anilines is 1. The molecule has 28 heavy (non-hydrogen) atoms. The first-order valence-corrected chi connectivity index (χ1v) is 9.90. The molecule has 1 atom stereocenters. The molecule has 0 aliphatic rings. The number of rotatable bonds is 7. The van der Waals surface area contributed by atoms with Crippen LogP contribution in [0.3, 0.4) is 0 Å². The topological polar surface area (TPSA) is 72.5 Å². The van der Waals surface area contributed by atoms with Crippen LogP contribution < -0.4 is 5.32 Å². The van der Waals surface area contributed by atoms with Crippen molar-refractivity contribution >= 4 is 57.1 Å². The summed E-state index contributed by atoms with van der Waals surface area (Å²) in [5, 5.41) is 4.68. The zero-order valence-corrected chi connectivity index (χ0v) is 16.7. The summed E-state index contributed by atoms with van der Waals surface area (Å²) >= 11 is 6.97. The molecule has 0 saturated carbocycles. The Labute approximate surface area is 171 Å². The van der Waals surface area contributed by atoms with Crippen molar-refractivity contribution in [1.29, 1.82) is 0 Å². The molecule has 0 radical (unpaired) electrons. The lowest BCUT2D eigenvalue weighted by Gasteiger charge is -2.14. The van der Waals surface area contributed by atoms with E-state index in [0.29, 0.717) is 14.9 Å². The Hall–Kier alpha value is -2.70. The monoisotopic (exact) mass is 415 g/mol. The molecule has 5 nitrogen and oxygen atoms in total. The predicted octanol–water partition coefficient (Wildman–Crippen LogP) is 5.09. The highest BCUT2D eigenvalue weighted by Gasteiger charge is 2.20. The highest BCUT2D eigenvalue weighted by molar-refractivity contribution is 7.18. The largest absolute Gasteiger partial charge is 0.453 e. The number of ketones is 1. The van der Waals surface area contributed by atoms with Gasteiger partial charge in [-0.25, -0.2) is 0 Å². The second kappa shape index (κ2) is 8.99. The highest BCUT2D eigenvalue weighted by Crippen LogP contribution is 2.24. The van der Waals surface area contributed by atoms with Gasteiger partial charge in [-0.2, -0.15) is 0 Å². The molecule has 1 unspecified atom stereocenters. The molecule has 3 aromatic rings. The van der Waals surface area contributed by atoms with Crippen molar-refractivity contribution in [2.24, 2.45) is 0 Å². The number of hydrogen-bond acceptors (Lipinski definition) is 5. The third kappa shape index (κ3) is 4.97. The zero-order chi connectivity index (χ0) is 20.1. The minimum Gasteiger partial charge on any atom is -0.453 e. The zero-order valence-electron chi connectivity index (χ0n) is 15.1. The SMILES string of the molecule is CC(OC(=O)CCC(=O)c1ccc(Cl)s1)C(=O)Nc1cccc2ccccc12. The first kappa shape index (κ1) is 20.0. The van der Waals surface area contributed by atoms with Gasteiger partial charge in [0.15, 0.2) is 11.9 Å². The Morgan fingerprint density at radius 3 is 2.54 bits per heavy atom. The van der Waals surface area contributed by atoms with Crippen LogP contribution in [0.5, 0.6) is 0 Å². The maximum Gasteiger partial charge on any atom is 0.307 e. The average molecular weight is 416 g/mol. The molecule has 1 amide bonds. The van der Waals surface area contributed by atoms with E-state index in [0.717, 1.165) is 10.8 Å². The number of nitrogens with one attached hydrogen (secondary N) is 1. The van der Waals surface area contributed by atoms with Crippen molar-refractivity contribution in [1.82, 2.24) is 0 Å². The molecule has 1 N–H and O–H groups in total. The first-order chi connectivity index (χ1) is 13.4. The van der Waals surface area contributed by atoms with Crippen LogP contribution in [-0.2, 0) is 14.3 Å². The molecular formula is C21H18ClNO4S. The number of amides is 1. The van der Waals surface area contributed by atoms with Crippen LogP contribution in [0.4, 0.5) is 5.69 Å². The van der Waals surface area contributed by atoms with Crippen LogP contribution >= 0.6 is 22.9 Å². The second-order valence-corrected chi connectivity index (χ2v) is 7.89. The number of esters is 1. The molecule has 0 fully saturated rings. The van der Waals surface area contributed by atoms with Crippen LogP contribution in [0.1, 0.15) is 29.4 Å². The highest BCUT2D eigenvalue weighted by atomic mass is 35.5. The maximum absolute atomic E-state index is 12.4. The van der Waals surface area contributed by atoms with Gasteiger partial charge in [0, 0.05) is 17.5 Å². The van der Waals surface area contributed by atoms with Crippen LogP contribution in [-0.4, -0.2) is 23.8 Å². The van der Waals surface area contributed by atoms with Crippen molar-refractivity contribution in [3.8, 4) is 0 Å². The number of carbonyl (C=O) groups is 3. The summed E-state index contributed by atoms with van der Waals surface area (Å²) in [6, 6.07) is 16.5. The van der Waals surface area contributed by atoms with E-state index in [1.165, 1.54) is 18.3 Å². The van der Waals surface area contributed by atoms with Crippen LogP contribution in [0.25, 0.3) is 10.8 Å². The Morgan fingerprint density at radius 1 is 1.04 bits per heavy atom. The number of thiophene rings is 1. The van der Waals surface area contributed by atoms with E-state index < -0.39 is 18.0 Å². The summed E-state index contributed by atoms with van der Waals surface area (Å²) < 4.78 is 5.68. The van der Waals surface area contributed by atoms with Crippen molar-refractivity contribution < 1.29 is 19.1 Å². The summed E-state index contributed by atoms with van der Waals surface area (Å²) in [4.78, 5) is 36.9. The minimum absolute atomic E-state index is 0.00728. The third-order valence-electron chi connectivity index (χ3n) is 4.13. The van der Waals surface area contributed by atoms with Gasteiger partial charge >= 0.3 is 5.97 Å². The molecule has 0 saturated heterocycles. The number of ether oxygens (including phenoxy) is 1. The number of benzene rings is 2. The summed E-state index contributed by atoms with van der Waals surface area (Å²) in [5.41, 5.74) is 0.649. The Morgan fingerprint density at radius 2 is 1.79 bits per heavy atom. The van der Waals surface area contributed by atoms with Crippen molar-refractivity contribution in [3.05, 3.63) is 63.8 Å². The van der Waals surface area contributed by atoms with E-state index >= 15 is 0 Å². The van der Waals surface area contributed by atoms with E-state index in [4.69, 9.17) is 16.3 Å². The second-order valence-electron chi connectivity index (χ2n) is 6.17. The lowest BCUT2D eigenvalue weighted by Crippen LogP contribution is -2.30. The van der Waals surface area contributed by atoms with E-state index in [1.807, 2.05) is 36.4 Å². The first-order valence-electron chi connectivity index (χ1n) is 8.70. The number of fused-ring (bicyclic) bond motifs is 1. The number of carbonyl (C=O) groups excluding carboxylic acids is 3. The average Bonchev–Trinajstić information content (AvgIpc) is 3.13.